The molecule has 34 heavy (non-hydrogen) atoms. The van der Waals surface area contributed by atoms with Crippen molar-refractivity contribution in [3.8, 4) is 5.75 Å². The third-order valence-corrected chi connectivity index (χ3v) is 6.17. The molecule has 1 heterocycles. The fourth-order valence-corrected chi connectivity index (χ4v) is 4.13. The molecule has 1 aliphatic rings. The molecule has 1 aliphatic heterocycles. The molecule has 0 spiro atoms. The summed E-state index contributed by atoms with van der Waals surface area (Å²) in [6.07, 6.45) is 0.901. The van der Waals surface area contributed by atoms with E-state index in [0.29, 0.717) is 30.4 Å². The summed E-state index contributed by atoms with van der Waals surface area (Å²) in [6.45, 7) is 9.44. The number of ether oxygens (including phenoxy) is 1. The fraction of sp³-hybridized carbons (Fsp3) is 0.357. The van der Waals surface area contributed by atoms with Gasteiger partial charge in [0.2, 0.25) is 5.91 Å². The molecule has 2 N–H and O–H groups in total. The maximum absolute atomic E-state index is 13.2. The molecule has 0 unspecified atom stereocenters. The minimum absolute atomic E-state index is 0.0560. The fourth-order valence-electron chi connectivity index (χ4n) is 4.13. The van der Waals surface area contributed by atoms with E-state index in [1.165, 1.54) is 0 Å². The second kappa shape index (κ2) is 9.75. The first-order valence-electron chi connectivity index (χ1n) is 11.8. The van der Waals surface area contributed by atoms with Crippen molar-refractivity contribution in [2.45, 2.75) is 40.7 Å². The summed E-state index contributed by atoms with van der Waals surface area (Å²) in [4.78, 5) is 27.6. The second-order valence-corrected chi connectivity index (χ2v) is 9.94. The standard InChI is InChI=1S/C28H33N3O3/c1-19(2)14-15-31-24-13-12-22(16-25(24)34-18-28(3,4)26(31)32)30-27(33)29-17-21-10-7-9-20-8-5-6-11-23(20)21/h5-13,16,19H,14-15,17-18H2,1-4H3,(H2,29,30,33). The summed E-state index contributed by atoms with van der Waals surface area (Å²) in [5.74, 6) is 1.14. The quantitative estimate of drug-likeness (QED) is 0.478. The molecule has 3 aromatic carbocycles. The molecular weight excluding hydrogens is 426 g/mol. The maximum Gasteiger partial charge on any atom is 0.319 e. The normalized spacial score (nSPS) is 15.0. The molecular formula is C28H33N3O3. The Hall–Kier alpha value is -3.54. The van der Waals surface area contributed by atoms with E-state index in [1.54, 1.807) is 6.07 Å². The Kier molecular flexibility index (Phi) is 6.77. The van der Waals surface area contributed by atoms with Crippen LogP contribution in [0.3, 0.4) is 0 Å². The summed E-state index contributed by atoms with van der Waals surface area (Å²) >= 11 is 0. The molecule has 0 aromatic heterocycles. The average molecular weight is 460 g/mol. The molecule has 0 aliphatic carbocycles. The summed E-state index contributed by atoms with van der Waals surface area (Å²) < 4.78 is 6.04. The maximum atomic E-state index is 13.2. The van der Waals surface area contributed by atoms with Gasteiger partial charge in [-0.2, -0.15) is 0 Å². The average Bonchev–Trinajstić information content (AvgIpc) is 2.90. The van der Waals surface area contributed by atoms with Crippen LogP contribution in [0.1, 0.15) is 39.7 Å². The molecule has 0 saturated carbocycles. The lowest BCUT2D eigenvalue weighted by atomic mass is 9.92. The van der Waals surface area contributed by atoms with E-state index in [4.69, 9.17) is 4.74 Å². The van der Waals surface area contributed by atoms with Crippen molar-refractivity contribution in [2.75, 3.05) is 23.4 Å². The largest absolute Gasteiger partial charge is 0.490 e. The first-order valence-corrected chi connectivity index (χ1v) is 11.8. The molecule has 0 bridgehead atoms. The molecule has 0 fully saturated rings. The Morgan fingerprint density at radius 1 is 1.09 bits per heavy atom. The third-order valence-electron chi connectivity index (χ3n) is 6.17. The smallest absolute Gasteiger partial charge is 0.319 e. The van der Waals surface area contributed by atoms with E-state index in [0.717, 1.165) is 28.4 Å². The van der Waals surface area contributed by atoms with Crippen LogP contribution in [-0.2, 0) is 11.3 Å². The van der Waals surface area contributed by atoms with Gasteiger partial charge in [0.25, 0.3) is 0 Å². The van der Waals surface area contributed by atoms with Crippen LogP contribution in [0.2, 0.25) is 0 Å². The first kappa shape index (κ1) is 23.6. The number of fused-ring (bicyclic) bond motifs is 2. The molecule has 3 amide bonds. The van der Waals surface area contributed by atoms with Gasteiger partial charge in [0.15, 0.2) is 0 Å². The van der Waals surface area contributed by atoms with E-state index in [1.807, 2.05) is 55.1 Å². The Balaban J connectivity index is 1.48. The number of nitrogens with zero attached hydrogens (tertiary/aromatic N) is 1. The Labute approximate surface area is 201 Å². The van der Waals surface area contributed by atoms with Crippen molar-refractivity contribution in [1.82, 2.24) is 5.32 Å². The zero-order valence-electron chi connectivity index (χ0n) is 20.4. The van der Waals surface area contributed by atoms with Gasteiger partial charge in [-0.15, -0.1) is 0 Å². The highest BCUT2D eigenvalue weighted by Crippen LogP contribution is 2.38. The number of carbonyl (C=O) groups excluding carboxylic acids is 2. The van der Waals surface area contributed by atoms with E-state index in [2.05, 4.69) is 42.7 Å². The van der Waals surface area contributed by atoms with Gasteiger partial charge in [-0.1, -0.05) is 56.3 Å². The van der Waals surface area contributed by atoms with Crippen molar-refractivity contribution in [3.05, 3.63) is 66.2 Å². The molecule has 178 valence electrons. The Morgan fingerprint density at radius 2 is 1.85 bits per heavy atom. The van der Waals surface area contributed by atoms with E-state index in [-0.39, 0.29) is 18.5 Å². The topological polar surface area (TPSA) is 70.7 Å². The predicted molar refractivity (Wildman–Crippen MR) is 137 cm³/mol. The first-order chi connectivity index (χ1) is 16.2. The van der Waals surface area contributed by atoms with E-state index >= 15 is 0 Å². The lowest BCUT2D eigenvalue weighted by Crippen LogP contribution is -2.42. The summed E-state index contributed by atoms with van der Waals surface area (Å²) in [5, 5.41) is 8.10. The number of urea groups is 1. The van der Waals surface area contributed by atoms with Gasteiger partial charge in [0, 0.05) is 24.8 Å². The molecule has 0 radical (unpaired) electrons. The second-order valence-electron chi connectivity index (χ2n) is 9.94. The van der Waals surface area contributed by atoms with Gasteiger partial charge in [-0.05, 0) is 54.7 Å². The Morgan fingerprint density at radius 3 is 2.65 bits per heavy atom. The lowest BCUT2D eigenvalue weighted by molar-refractivity contribution is -0.127. The highest BCUT2D eigenvalue weighted by molar-refractivity contribution is 6.00. The lowest BCUT2D eigenvalue weighted by Gasteiger charge is -2.28. The highest BCUT2D eigenvalue weighted by atomic mass is 16.5. The number of carbonyl (C=O) groups is 2. The monoisotopic (exact) mass is 459 g/mol. The van der Waals surface area contributed by atoms with Gasteiger partial charge < -0.3 is 20.3 Å². The number of hydrogen-bond donors (Lipinski definition) is 2. The summed E-state index contributed by atoms with van der Waals surface area (Å²) in [7, 11) is 0. The van der Waals surface area contributed by atoms with E-state index < -0.39 is 5.41 Å². The molecule has 4 rings (SSSR count). The van der Waals surface area contributed by atoms with Crippen molar-refractivity contribution in [3.63, 3.8) is 0 Å². The number of anilines is 2. The molecule has 0 atom stereocenters. The molecule has 6 nitrogen and oxygen atoms in total. The van der Waals surface area contributed by atoms with Crippen LogP contribution >= 0.6 is 0 Å². The number of nitrogens with one attached hydrogen (secondary N) is 2. The summed E-state index contributed by atoms with van der Waals surface area (Å²) in [6, 6.07) is 19.4. The van der Waals surface area contributed by atoms with Crippen LogP contribution in [-0.4, -0.2) is 25.1 Å². The van der Waals surface area contributed by atoms with Gasteiger partial charge in [0.1, 0.15) is 12.4 Å². The van der Waals surface area contributed by atoms with Crippen LogP contribution in [0.25, 0.3) is 10.8 Å². The van der Waals surface area contributed by atoms with Crippen LogP contribution in [0, 0.1) is 11.3 Å². The van der Waals surface area contributed by atoms with Gasteiger partial charge in [-0.25, -0.2) is 4.79 Å². The SMILES string of the molecule is CC(C)CCN1C(=O)C(C)(C)COc2cc(NC(=O)NCc3cccc4ccccc34)ccc21. The van der Waals surface area contributed by atoms with Crippen LogP contribution in [0.15, 0.2) is 60.7 Å². The molecule has 0 saturated heterocycles. The van der Waals surface area contributed by atoms with E-state index in [9.17, 15) is 9.59 Å². The minimum Gasteiger partial charge on any atom is -0.490 e. The highest BCUT2D eigenvalue weighted by Gasteiger charge is 2.37. The zero-order chi connectivity index (χ0) is 24.3. The van der Waals surface area contributed by atoms with Gasteiger partial charge in [-0.3, -0.25) is 4.79 Å². The molecule has 3 aromatic rings. The number of amides is 3. The predicted octanol–water partition coefficient (Wildman–Crippen LogP) is 5.96. The van der Waals surface area contributed by atoms with Crippen molar-refractivity contribution in [2.24, 2.45) is 11.3 Å². The van der Waals surface area contributed by atoms with Crippen molar-refractivity contribution < 1.29 is 14.3 Å². The van der Waals surface area contributed by atoms with Crippen LogP contribution in [0.5, 0.6) is 5.75 Å². The molecule has 6 heteroatoms. The van der Waals surface area contributed by atoms with Gasteiger partial charge >= 0.3 is 6.03 Å². The van der Waals surface area contributed by atoms with Crippen molar-refractivity contribution >= 4 is 34.1 Å². The number of rotatable bonds is 6. The third kappa shape index (κ3) is 5.16. The number of benzene rings is 3. The summed E-state index contributed by atoms with van der Waals surface area (Å²) in [5.41, 5.74) is 1.79. The zero-order valence-corrected chi connectivity index (χ0v) is 20.4. The van der Waals surface area contributed by atoms with Crippen molar-refractivity contribution in [1.29, 1.82) is 0 Å². The minimum atomic E-state index is -0.626. The Bertz CT molecular complexity index is 1200. The van der Waals surface area contributed by atoms with Crippen LogP contribution < -0.4 is 20.3 Å². The number of hydrogen-bond acceptors (Lipinski definition) is 3. The van der Waals surface area contributed by atoms with Crippen LogP contribution in [0.4, 0.5) is 16.2 Å². The van der Waals surface area contributed by atoms with Gasteiger partial charge in [0.05, 0.1) is 11.1 Å².